The van der Waals surface area contributed by atoms with Crippen molar-refractivity contribution >= 4 is 16.7 Å². The zero-order valence-electron chi connectivity index (χ0n) is 12.2. The predicted octanol–water partition coefficient (Wildman–Crippen LogP) is 2.76. The summed E-state index contributed by atoms with van der Waals surface area (Å²) >= 11 is 0. The highest BCUT2D eigenvalue weighted by atomic mass is 16.3. The number of rotatable bonds is 3. The van der Waals surface area contributed by atoms with E-state index in [0.717, 1.165) is 36.8 Å². The summed E-state index contributed by atoms with van der Waals surface area (Å²) < 4.78 is 0. The van der Waals surface area contributed by atoms with Gasteiger partial charge in [0.2, 0.25) is 5.91 Å². The molecule has 1 aliphatic heterocycles. The van der Waals surface area contributed by atoms with Crippen LogP contribution in [0.1, 0.15) is 24.8 Å². The van der Waals surface area contributed by atoms with Gasteiger partial charge in [-0.15, -0.1) is 0 Å². The largest absolute Gasteiger partial charge is 0.394 e. The fraction of sp³-hybridized carbons (Fsp3) is 0.389. The van der Waals surface area contributed by atoms with E-state index in [1.165, 1.54) is 5.39 Å². The van der Waals surface area contributed by atoms with Gasteiger partial charge in [-0.05, 0) is 35.6 Å². The molecule has 0 bridgehead atoms. The van der Waals surface area contributed by atoms with Crippen LogP contribution in [0.4, 0.5) is 0 Å². The second-order valence-electron chi connectivity index (χ2n) is 5.73. The van der Waals surface area contributed by atoms with Crippen molar-refractivity contribution in [1.29, 1.82) is 0 Å². The third-order valence-corrected chi connectivity index (χ3v) is 4.38. The number of nitrogens with zero attached hydrogens (tertiary/aromatic N) is 1. The lowest BCUT2D eigenvalue weighted by Gasteiger charge is -2.34. The number of fused-ring (bicyclic) bond motifs is 1. The van der Waals surface area contributed by atoms with Crippen molar-refractivity contribution in [3.8, 4) is 0 Å². The van der Waals surface area contributed by atoms with Gasteiger partial charge in [-0.2, -0.15) is 0 Å². The van der Waals surface area contributed by atoms with Crippen LogP contribution in [0.3, 0.4) is 0 Å². The summed E-state index contributed by atoms with van der Waals surface area (Å²) in [5, 5.41) is 11.8. The molecule has 3 heteroatoms. The van der Waals surface area contributed by atoms with E-state index in [1.807, 2.05) is 29.2 Å². The van der Waals surface area contributed by atoms with E-state index in [9.17, 15) is 9.90 Å². The predicted molar refractivity (Wildman–Crippen MR) is 84.1 cm³/mol. The number of amides is 1. The lowest BCUT2D eigenvalue weighted by Crippen LogP contribution is -2.46. The summed E-state index contributed by atoms with van der Waals surface area (Å²) in [6, 6.07) is 14.3. The maximum absolute atomic E-state index is 12.6. The minimum Gasteiger partial charge on any atom is -0.394 e. The van der Waals surface area contributed by atoms with Gasteiger partial charge in [0.15, 0.2) is 0 Å². The average Bonchev–Trinajstić information content (AvgIpc) is 2.55. The van der Waals surface area contributed by atoms with Gasteiger partial charge >= 0.3 is 0 Å². The fourth-order valence-electron chi connectivity index (χ4n) is 3.23. The second-order valence-corrected chi connectivity index (χ2v) is 5.73. The van der Waals surface area contributed by atoms with Crippen LogP contribution < -0.4 is 0 Å². The molecule has 1 fully saturated rings. The Morgan fingerprint density at radius 2 is 1.95 bits per heavy atom. The van der Waals surface area contributed by atoms with Gasteiger partial charge in [-0.25, -0.2) is 0 Å². The van der Waals surface area contributed by atoms with Gasteiger partial charge in [-0.1, -0.05) is 42.5 Å². The Kier molecular flexibility index (Phi) is 4.20. The van der Waals surface area contributed by atoms with Crippen LogP contribution >= 0.6 is 0 Å². The van der Waals surface area contributed by atoms with Crippen LogP contribution in [0.15, 0.2) is 42.5 Å². The first-order valence-corrected chi connectivity index (χ1v) is 7.66. The number of benzene rings is 2. The molecule has 2 aromatic carbocycles. The first-order valence-electron chi connectivity index (χ1n) is 7.66. The Labute approximate surface area is 125 Å². The lowest BCUT2D eigenvalue weighted by atomic mass is 9.99. The molecule has 3 nitrogen and oxygen atoms in total. The number of hydrogen-bond acceptors (Lipinski definition) is 2. The molecule has 1 unspecified atom stereocenters. The second kappa shape index (κ2) is 6.27. The molecule has 21 heavy (non-hydrogen) atoms. The molecule has 0 saturated carbocycles. The van der Waals surface area contributed by atoms with Crippen LogP contribution in [0.5, 0.6) is 0 Å². The van der Waals surface area contributed by atoms with Gasteiger partial charge in [0.25, 0.3) is 0 Å². The van der Waals surface area contributed by atoms with E-state index in [-0.39, 0.29) is 18.6 Å². The van der Waals surface area contributed by atoms with Crippen molar-refractivity contribution < 1.29 is 9.90 Å². The van der Waals surface area contributed by atoms with Gasteiger partial charge in [0.05, 0.1) is 19.1 Å². The van der Waals surface area contributed by atoms with Crippen molar-refractivity contribution in [2.24, 2.45) is 0 Å². The fourth-order valence-corrected chi connectivity index (χ4v) is 3.23. The molecule has 0 aromatic heterocycles. The highest BCUT2D eigenvalue weighted by Crippen LogP contribution is 2.22. The number of aliphatic hydroxyl groups excluding tert-OH is 1. The van der Waals surface area contributed by atoms with Crippen molar-refractivity contribution in [1.82, 2.24) is 4.90 Å². The Balaban J connectivity index is 1.83. The Hall–Kier alpha value is -1.87. The quantitative estimate of drug-likeness (QED) is 0.941. The Morgan fingerprint density at radius 3 is 2.81 bits per heavy atom. The smallest absolute Gasteiger partial charge is 0.227 e. The topological polar surface area (TPSA) is 40.5 Å². The van der Waals surface area contributed by atoms with Crippen molar-refractivity contribution in [3.63, 3.8) is 0 Å². The zero-order chi connectivity index (χ0) is 14.7. The summed E-state index contributed by atoms with van der Waals surface area (Å²) in [6.07, 6.45) is 3.47. The van der Waals surface area contributed by atoms with Gasteiger partial charge in [0, 0.05) is 6.54 Å². The molecule has 2 aromatic rings. The Morgan fingerprint density at radius 1 is 1.14 bits per heavy atom. The van der Waals surface area contributed by atoms with Crippen LogP contribution in [-0.2, 0) is 11.2 Å². The van der Waals surface area contributed by atoms with Gasteiger partial charge in [0.1, 0.15) is 0 Å². The standard InChI is InChI=1S/C18H21NO2/c20-13-16-9-3-4-11-19(16)18(21)12-15-8-5-7-14-6-1-2-10-17(14)15/h1-2,5-8,10,16,20H,3-4,9,11-13H2. The molecular weight excluding hydrogens is 262 g/mol. The minimum atomic E-state index is 0.00114. The van der Waals surface area contributed by atoms with Crippen LogP contribution in [0.2, 0.25) is 0 Å². The molecule has 0 aliphatic carbocycles. The summed E-state index contributed by atoms with van der Waals surface area (Å²) in [5.41, 5.74) is 1.07. The van der Waals surface area contributed by atoms with E-state index >= 15 is 0 Å². The van der Waals surface area contributed by atoms with E-state index in [0.29, 0.717) is 6.42 Å². The molecule has 0 radical (unpaired) electrons. The molecule has 1 amide bonds. The molecule has 110 valence electrons. The first-order chi connectivity index (χ1) is 10.3. The van der Waals surface area contributed by atoms with E-state index in [1.54, 1.807) is 0 Å². The maximum Gasteiger partial charge on any atom is 0.227 e. The monoisotopic (exact) mass is 283 g/mol. The third kappa shape index (κ3) is 2.93. The van der Waals surface area contributed by atoms with Gasteiger partial charge in [-0.3, -0.25) is 4.79 Å². The highest BCUT2D eigenvalue weighted by Gasteiger charge is 2.26. The number of hydrogen-bond donors (Lipinski definition) is 1. The van der Waals surface area contributed by atoms with E-state index in [4.69, 9.17) is 0 Å². The van der Waals surface area contributed by atoms with Crippen molar-refractivity contribution in [3.05, 3.63) is 48.0 Å². The lowest BCUT2D eigenvalue weighted by molar-refractivity contribution is -0.135. The van der Waals surface area contributed by atoms with Crippen molar-refractivity contribution in [2.75, 3.05) is 13.2 Å². The average molecular weight is 283 g/mol. The summed E-state index contributed by atoms with van der Waals surface area (Å²) in [6.45, 7) is 0.843. The number of carbonyl (C=O) groups is 1. The summed E-state index contributed by atoms with van der Waals surface area (Å²) in [4.78, 5) is 14.5. The third-order valence-electron chi connectivity index (χ3n) is 4.38. The molecule has 1 heterocycles. The van der Waals surface area contributed by atoms with Gasteiger partial charge < -0.3 is 10.0 Å². The Bertz CT molecular complexity index is 633. The van der Waals surface area contributed by atoms with E-state index < -0.39 is 0 Å². The number of carbonyl (C=O) groups excluding carboxylic acids is 1. The number of piperidine rings is 1. The number of aliphatic hydroxyl groups is 1. The molecular formula is C18H21NO2. The molecule has 0 spiro atoms. The summed E-state index contributed by atoms with van der Waals surface area (Å²) in [7, 11) is 0. The molecule has 1 aliphatic rings. The SMILES string of the molecule is O=C(Cc1cccc2ccccc12)N1CCCCC1CO. The molecule has 1 saturated heterocycles. The van der Waals surface area contributed by atoms with Crippen molar-refractivity contribution in [2.45, 2.75) is 31.7 Å². The molecule has 3 rings (SSSR count). The minimum absolute atomic E-state index is 0.00114. The molecule has 1 N–H and O–H groups in total. The zero-order valence-corrected chi connectivity index (χ0v) is 12.2. The molecule has 1 atom stereocenters. The van der Waals surface area contributed by atoms with E-state index in [2.05, 4.69) is 18.2 Å². The van der Waals surface area contributed by atoms with Crippen LogP contribution in [0, 0.1) is 0 Å². The van der Waals surface area contributed by atoms with Crippen LogP contribution in [-0.4, -0.2) is 35.1 Å². The number of likely N-dealkylation sites (tertiary alicyclic amines) is 1. The summed E-state index contributed by atoms with van der Waals surface area (Å²) in [5.74, 6) is 0.130. The normalized spacial score (nSPS) is 18.9. The van der Waals surface area contributed by atoms with Crippen LogP contribution in [0.25, 0.3) is 10.8 Å². The first kappa shape index (κ1) is 14.1. The maximum atomic E-state index is 12.6. The highest BCUT2D eigenvalue weighted by molar-refractivity contribution is 5.90.